The summed E-state index contributed by atoms with van der Waals surface area (Å²) in [5.74, 6) is -1.90. The van der Waals surface area contributed by atoms with Crippen molar-refractivity contribution >= 4 is 21.6 Å². The van der Waals surface area contributed by atoms with Crippen LogP contribution in [-0.4, -0.2) is 19.2 Å². The molecule has 7 nitrogen and oxygen atoms in total. The molecule has 0 saturated carbocycles. The van der Waals surface area contributed by atoms with Crippen LogP contribution >= 0.6 is 0 Å². The van der Waals surface area contributed by atoms with Crippen molar-refractivity contribution < 1.29 is 22.5 Å². The second-order valence-corrected chi connectivity index (χ2v) is 7.95. The van der Waals surface area contributed by atoms with Gasteiger partial charge in [-0.15, -0.1) is 0 Å². The van der Waals surface area contributed by atoms with Crippen LogP contribution in [0.1, 0.15) is 25.3 Å². The molecule has 0 aliphatic rings. The molecule has 9 heteroatoms. The minimum absolute atomic E-state index is 0.0382. The van der Waals surface area contributed by atoms with Crippen molar-refractivity contribution in [2.45, 2.75) is 31.1 Å². The van der Waals surface area contributed by atoms with Gasteiger partial charge in [-0.25, -0.2) is 17.5 Å². The predicted octanol–water partition coefficient (Wildman–Crippen LogP) is 3.20. The van der Waals surface area contributed by atoms with Crippen LogP contribution in [0.3, 0.4) is 0 Å². The lowest BCUT2D eigenvalue weighted by Gasteiger charge is -2.12. The molecule has 1 atom stereocenters. The van der Waals surface area contributed by atoms with Gasteiger partial charge in [-0.2, -0.15) is 0 Å². The normalized spacial score (nSPS) is 12.4. The molecule has 0 bridgehead atoms. The van der Waals surface area contributed by atoms with Crippen molar-refractivity contribution in [3.63, 3.8) is 0 Å². The van der Waals surface area contributed by atoms with E-state index >= 15 is 0 Å². The Morgan fingerprint density at radius 3 is 2.52 bits per heavy atom. The molecule has 2 aromatic carbocycles. The van der Waals surface area contributed by atoms with E-state index in [1.165, 1.54) is 0 Å². The molecule has 0 aliphatic carbocycles. The van der Waals surface area contributed by atoms with Crippen molar-refractivity contribution in [3.8, 4) is 0 Å². The number of carbonyl (C=O) groups excluding carboxylic acids is 1. The zero-order valence-electron chi connectivity index (χ0n) is 14.6. The number of hydrogen-bond acceptors (Lipinski definition) is 5. The van der Waals surface area contributed by atoms with Crippen molar-refractivity contribution in [2.24, 2.45) is 5.92 Å². The minimum atomic E-state index is -4.39. The molecule has 0 heterocycles. The largest absolute Gasteiger partial charge is 0.274 e. The maximum Gasteiger partial charge on any atom is 0.273 e. The number of rotatable bonds is 8. The Balaban J connectivity index is 1.98. The van der Waals surface area contributed by atoms with E-state index in [4.69, 9.17) is 0 Å². The van der Waals surface area contributed by atoms with Crippen LogP contribution in [0, 0.1) is 21.8 Å². The van der Waals surface area contributed by atoms with Gasteiger partial charge in [0.05, 0.1) is 15.9 Å². The van der Waals surface area contributed by atoms with Gasteiger partial charge in [0.25, 0.3) is 15.7 Å². The maximum atomic E-state index is 13.4. The molecule has 1 unspecified atom stereocenters. The number of non-ortho nitro benzene ring substituents is 1. The summed E-state index contributed by atoms with van der Waals surface area (Å²) in [6.07, 6.45) is 1.39. The van der Waals surface area contributed by atoms with Crippen molar-refractivity contribution in [1.29, 1.82) is 0 Å². The number of sulfonamides is 1. The van der Waals surface area contributed by atoms with Gasteiger partial charge in [0, 0.05) is 12.5 Å². The van der Waals surface area contributed by atoms with Gasteiger partial charge in [0.1, 0.15) is 5.82 Å². The van der Waals surface area contributed by atoms with Crippen LogP contribution < -0.4 is 4.72 Å². The number of nitrogens with zero attached hydrogens (tertiary/aromatic N) is 1. The number of hydrogen-bond donors (Lipinski definition) is 1. The van der Waals surface area contributed by atoms with Gasteiger partial charge in [0.2, 0.25) is 5.91 Å². The summed E-state index contributed by atoms with van der Waals surface area (Å²) in [6.45, 7) is 1.82. The van der Waals surface area contributed by atoms with Crippen LogP contribution in [-0.2, 0) is 21.2 Å². The van der Waals surface area contributed by atoms with Gasteiger partial charge in [-0.3, -0.25) is 14.9 Å². The molecule has 0 saturated heterocycles. The third-order valence-corrected chi connectivity index (χ3v) is 5.28. The molecule has 1 N–H and O–H groups in total. The maximum absolute atomic E-state index is 13.4. The molecule has 27 heavy (non-hydrogen) atoms. The standard InChI is InChI=1S/C18H19FN2O5S/c1-13(7-8-14-5-3-2-4-6-14)9-18(22)20-27(25,26)17-11-15(19)10-16(12-17)21(23)24/h2-6,10-13H,7-9H2,1H3,(H,20,22). The lowest BCUT2D eigenvalue weighted by molar-refractivity contribution is -0.385. The fourth-order valence-electron chi connectivity index (χ4n) is 2.54. The van der Waals surface area contributed by atoms with Crippen molar-refractivity contribution in [3.05, 3.63) is 70.0 Å². The first kappa shape index (κ1) is 20.5. The van der Waals surface area contributed by atoms with Gasteiger partial charge in [-0.1, -0.05) is 37.3 Å². The van der Waals surface area contributed by atoms with Crippen LogP contribution in [0.4, 0.5) is 10.1 Å². The van der Waals surface area contributed by atoms with Gasteiger partial charge in [0.15, 0.2) is 0 Å². The van der Waals surface area contributed by atoms with E-state index in [0.717, 1.165) is 12.0 Å². The van der Waals surface area contributed by atoms with Gasteiger partial charge >= 0.3 is 0 Å². The number of nitrogens with one attached hydrogen (secondary N) is 1. The lowest BCUT2D eigenvalue weighted by Crippen LogP contribution is -2.31. The van der Waals surface area contributed by atoms with Crippen LogP contribution in [0.15, 0.2) is 53.4 Å². The first-order valence-corrected chi connectivity index (χ1v) is 9.70. The number of nitro benzene ring substituents is 1. The minimum Gasteiger partial charge on any atom is -0.274 e. The Hall–Kier alpha value is -2.81. The quantitative estimate of drug-likeness (QED) is 0.547. The fourth-order valence-corrected chi connectivity index (χ4v) is 3.58. The van der Waals surface area contributed by atoms with E-state index in [0.29, 0.717) is 24.6 Å². The summed E-state index contributed by atoms with van der Waals surface area (Å²) in [5, 5.41) is 10.7. The SMILES string of the molecule is CC(CCc1ccccc1)CC(=O)NS(=O)(=O)c1cc(F)cc([N+](=O)[O-])c1. The van der Waals surface area contributed by atoms with Crippen LogP contribution in [0.5, 0.6) is 0 Å². The first-order valence-electron chi connectivity index (χ1n) is 8.22. The molecule has 2 aromatic rings. The summed E-state index contributed by atoms with van der Waals surface area (Å²) in [7, 11) is -4.39. The third-order valence-electron chi connectivity index (χ3n) is 3.93. The molecule has 1 amide bonds. The number of aryl methyl sites for hydroxylation is 1. The average molecular weight is 394 g/mol. The topological polar surface area (TPSA) is 106 Å². The van der Waals surface area contributed by atoms with Crippen LogP contribution in [0.25, 0.3) is 0 Å². The Morgan fingerprint density at radius 2 is 1.89 bits per heavy atom. The lowest BCUT2D eigenvalue weighted by atomic mass is 9.98. The van der Waals surface area contributed by atoms with E-state index in [2.05, 4.69) is 0 Å². The summed E-state index contributed by atoms with van der Waals surface area (Å²) in [6, 6.07) is 11.6. The van der Waals surface area contributed by atoms with E-state index in [1.54, 1.807) is 0 Å². The van der Waals surface area contributed by atoms with E-state index in [-0.39, 0.29) is 12.3 Å². The zero-order valence-corrected chi connectivity index (χ0v) is 15.4. The first-order chi connectivity index (χ1) is 12.7. The van der Waals surface area contributed by atoms with E-state index in [1.807, 2.05) is 42.0 Å². The fraction of sp³-hybridized carbons (Fsp3) is 0.278. The molecular weight excluding hydrogens is 375 g/mol. The number of amides is 1. The Bertz CT molecular complexity index is 932. The number of nitro groups is 1. The van der Waals surface area contributed by atoms with E-state index in [9.17, 15) is 27.7 Å². The number of carbonyl (C=O) groups is 1. The zero-order chi connectivity index (χ0) is 20.0. The predicted molar refractivity (Wildman–Crippen MR) is 96.9 cm³/mol. The van der Waals surface area contributed by atoms with Crippen molar-refractivity contribution in [2.75, 3.05) is 0 Å². The van der Waals surface area contributed by atoms with Gasteiger partial charge in [-0.05, 0) is 30.4 Å². The molecule has 0 aliphatic heterocycles. The summed E-state index contributed by atoms with van der Waals surface area (Å²) in [5.41, 5.74) is 0.406. The average Bonchev–Trinajstić information content (AvgIpc) is 2.59. The Morgan fingerprint density at radius 1 is 1.22 bits per heavy atom. The highest BCUT2D eigenvalue weighted by molar-refractivity contribution is 7.90. The molecule has 144 valence electrons. The number of halogens is 1. The molecular formula is C18H19FN2O5S. The Labute approximate surface area is 156 Å². The van der Waals surface area contributed by atoms with Gasteiger partial charge < -0.3 is 0 Å². The highest BCUT2D eigenvalue weighted by Gasteiger charge is 2.23. The summed E-state index contributed by atoms with van der Waals surface area (Å²) in [4.78, 5) is 21.2. The molecule has 0 radical (unpaired) electrons. The highest BCUT2D eigenvalue weighted by Crippen LogP contribution is 2.20. The third kappa shape index (κ3) is 6.14. The number of benzene rings is 2. The van der Waals surface area contributed by atoms with Crippen LogP contribution in [0.2, 0.25) is 0 Å². The monoisotopic (exact) mass is 394 g/mol. The molecule has 0 aromatic heterocycles. The smallest absolute Gasteiger partial charge is 0.273 e. The molecule has 2 rings (SSSR count). The second kappa shape index (κ2) is 8.72. The Kier molecular flexibility index (Phi) is 6.62. The van der Waals surface area contributed by atoms with E-state index < -0.39 is 37.3 Å². The molecule has 0 fully saturated rings. The molecule has 0 spiro atoms. The summed E-state index contributed by atoms with van der Waals surface area (Å²) < 4.78 is 39.7. The van der Waals surface area contributed by atoms with Crippen molar-refractivity contribution in [1.82, 2.24) is 4.72 Å². The highest BCUT2D eigenvalue weighted by atomic mass is 32.2. The second-order valence-electron chi connectivity index (χ2n) is 6.26. The summed E-state index contributed by atoms with van der Waals surface area (Å²) >= 11 is 0.